The number of ketones is 1. The second-order valence-electron chi connectivity index (χ2n) is 18.1. The van der Waals surface area contributed by atoms with Gasteiger partial charge in [-0.3, -0.25) is 24.1 Å². The molecule has 16 heteroatoms. The number of ether oxygens (including phenoxy) is 11. The van der Waals surface area contributed by atoms with Crippen LogP contribution in [-0.4, -0.2) is 157 Å². The first-order valence-electron chi connectivity index (χ1n) is 23.0. The fourth-order valence-corrected chi connectivity index (χ4v) is 9.44. The van der Waals surface area contributed by atoms with E-state index in [0.717, 1.165) is 5.57 Å². The van der Waals surface area contributed by atoms with Gasteiger partial charge in [0.05, 0.1) is 62.8 Å². The van der Waals surface area contributed by atoms with Crippen LogP contribution in [0.3, 0.4) is 0 Å². The standard InChI is InChI=1S/C48H77NO15/c1-14-38-36(26-58-47-46(55-13)43(54-12)29(4)31(6)59-47)23-27(2)17-18-37(52)28(3)24-35-19-22-56-20-15-16-21-57-39(25-40(53)63-38)30(5)42(35)64-48-45(62-34(9)51)41(49(10)11)44(32(7)60-48)61-33(8)50/h15-18,23,28-32,35-36,38-39,41-48H,14,19-22,24-26H2,1-13H3/b16-15+,18-17+,27-23+/t28-,29+,30+,31?,32?,35+,36-,38-,39-,41?,42-,43+,44+,45?,46?,47-,48+/m1/s1. The number of allylic oxidation sites excluding steroid dienone is 3. The van der Waals surface area contributed by atoms with E-state index in [2.05, 4.69) is 6.92 Å². The molecule has 0 aromatic carbocycles. The lowest BCUT2D eigenvalue weighted by atomic mass is 9.79. The molecule has 5 unspecified atom stereocenters. The summed E-state index contributed by atoms with van der Waals surface area (Å²) >= 11 is 0. The molecule has 4 rings (SSSR count). The van der Waals surface area contributed by atoms with Crippen LogP contribution in [0.15, 0.2) is 36.0 Å². The maximum atomic E-state index is 14.3. The lowest BCUT2D eigenvalue weighted by Crippen LogP contribution is -2.65. The molecule has 17 atom stereocenters. The lowest BCUT2D eigenvalue weighted by Gasteiger charge is -2.48. The Hall–Kier alpha value is -3.06. The summed E-state index contributed by atoms with van der Waals surface area (Å²) in [7, 11) is 6.86. The Labute approximate surface area is 380 Å². The molecule has 0 saturated carbocycles. The van der Waals surface area contributed by atoms with Crippen molar-refractivity contribution in [1.29, 1.82) is 0 Å². The van der Waals surface area contributed by atoms with Crippen molar-refractivity contribution >= 4 is 23.7 Å². The molecule has 0 amide bonds. The van der Waals surface area contributed by atoms with Gasteiger partial charge >= 0.3 is 17.9 Å². The van der Waals surface area contributed by atoms with E-state index >= 15 is 0 Å². The van der Waals surface area contributed by atoms with E-state index in [1.807, 2.05) is 57.7 Å². The van der Waals surface area contributed by atoms with Crippen LogP contribution in [0.4, 0.5) is 0 Å². The van der Waals surface area contributed by atoms with Crippen molar-refractivity contribution < 1.29 is 71.3 Å². The molecule has 64 heavy (non-hydrogen) atoms. The maximum absolute atomic E-state index is 14.3. The molecular weight excluding hydrogens is 831 g/mol. The lowest BCUT2D eigenvalue weighted by molar-refractivity contribution is -0.308. The van der Waals surface area contributed by atoms with Crippen LogP contribution < -0.4 is 0 Å². The number of carbonyl (C=O) groups is 4. The van der Waals surface area contributed by atoms with E-state index in [4.69, 9.17) is 52.1 Å². The van der Waals surface area contributed by atoms with E-state index in [0.29, 0.717) is 32.5 Å². The Morgan fingerprint density at radius 1 is 0.812 bits per heavy atom. The molecule has 2 bridgehead atoms. The number of hydrogen-bond donors (Lipinski definition) is 0. The van der Waals surface area contributed by atoms with E-state index in [-0.39, 0.29) is 49.5 Å². The fourth-order valence-electron chi connectivity index (χ4n) is 9.44. The Balaban J connectivity index is 1.76. The summed E-state index contributed by atoms with van der Waals surface area (Å²) in [6.45, 7) is 17.1. The van der Waals surface area contributed by atoms with Gasteiger partial charge in [-0.2, -0.15) is 0 Å². The van der Waals surface area contributed by atoms with Gasteiger partial charge in [0.1, 0.15) is 18.3 Å². The third-order valence-electron chi connectivity index (χ3n) is 13.1. The summed E-state index contributed by atoms with van der Waals surface area (Å²) in [5.41, 5.74) is 0.790. The number of rotatable bonds is 11. The topological polar surface area (TPSA) is 173 Å². The van der Waals surface area contributed by atoms with Crippen molar-refractivity contribution in [1.82, 2.24) is 4.90 Å². The van der Waals surface area contributed by atoms with Gasteiger partial charge in [0, 0.05) is 58.3 Å². The van der Waals surface area contributed by atoms with Crippen molar-refractivity contribution in [3.8, 4) is 0 Å². The van der Waals surface area contributed by atoms with Gasteiger partial charge in [-0.25, -0.2) is 0 Å². The zero-order valence-electron chi connectivity index (χ0n) is 40.4. The normalized spacial score (nSPS) is 40.5. The Morgan fingerprint density at radius 2 is 1.47 bits per heavy atom. The molecule has 4 aliphatic heterocycles. The number of methoxy groups -OCH3 is 2. The highest BCUT2D eigenvalue weighted by Gasteiger charge is 2.52. The van der Waals surface area contributed by atoms with Crippen molar-refractivity contribution in [3.63, 3.8) is 0 Å². The predicted octanol–water partition coefficient (Wildman–Crippen LogP) is 5.39. The van der Waals surface area contributed by atoms with Gasteiger partial charge < -0.3 is 52.1 Å². The predicted molar refractivity (Wildman–Crippen MR) is 236 cm³/mol. The molecule has 2 saturated heterocycles. The molecule has 4 aliphatic rings. The molecule has 0 aromatic rings. The fraction of sp³-hybridized carbons (Fsp3) is 0.792. The summed E-state index contributed by atoms with van der Waals surface area (Å²) in [5.74, 6) is -3.29. The Kier molecular flexibility index (Phi) is 21.5. The molecule has 16 nitrogen and oxygen atoms in total. The minimum absolute atomic E-state index is 0.0576. The summed E-state index contributed by atoms with van der Waals surface area (Å²) in [6.07, 6.45) is 2.92. The highest BCUT2D eigenvalue weighted by molar-refractivity contribution is 5.91. The number of carbonyl (C=O) groups excluding carboxylic acids is 4. The smallest absolute Gasteiger partial charge is 0.308 e. The third-order valence-corrected chi connectivity index (χ3v) is 13.1. The van der Waals surface area contributed by atoms with Crippen molar-refractivity contribution in [2.24, 2.45) is 29.6 Å². The quantitative estimate of drug-likeness (QED) is 0.147. The molecule has 0 aliphatic carbocycles. The SMILES string of the molecule is CC[C@H]1OC(=O)C[C@H]2OC/C=C/COCC[C@@H](C[C@@H](C)C(=O)/C=C/C(C)=C/[C@@H]1CO[C@@H]1OC(C)[C@H](C)[C@H](OC)C1OC)[C@H](O[C@@H]1OC(C)[C@H](OC(C)=O)C(N(C)C)C1OC(C)=O)[C@H]2C. The maximum Gasteiger partial charge on any atom is 0.308 e. The number of nitrogens with zero attached hydrogens (tertiary/aromatic N) is 1. The monoisotopic (exact) mass is 908 g/mol. The zero-order valence-corrected chi connectivity index (χ0v) is 40.4. The van der Waals surface area contributed by atoms with Gasteiger partial charge in [0.15, 0.2) is 24.5 Å². The van der Waals surface area contributed by atoms with Gasteiger partial charge in [-0.15, -0.1) is 0 Å². The Bertz CT molecular complexity index is 1600. The van der Waals surface area contributed by atoms with Crippen LogP contribution in [0.25, 0.3) is 0 Å². The second-order valence-corrected chi connectivity index (χ2v) is 18.1. The summed E-state index contributed by atoms with van der Waals surface area (Å²) < 4.78 is 68.6. The Morgan fingerprint density at radius 3 is 2.11 bits per heavy atom. The van der Waals surface area contributed by atoms with Crippen LogP contribution >= 0.6 is 0 Å². The van der Waals surface area contributed by atoms with Crippen LogP contribution in [0, 0.1) is 29.6 Å². The molecule has 0 radical (unpaired) electrons. The minimum Gasteiger partial charge on any atom is -0.462 e. The highest BCUT2D eigenvalue weighted by atomic mass is 16.7. The van der Waals surface area contributed by atoms with Crippen molar-refractivity contribution in [3.05, 3.63) is 36.0 Å². The average molecular weight is 908 g/mol. The summed E-state index contributed by atoms with van der Waals surface area (Å²) in [5, 5.41) is 0. The number of fused-ring (bicyclic) bond motifs is 3. The first kappa shape index (κ1) is 53.6. The highest BCUT2D eigenvalue weighted by Crippen LogP contribution is 2.37. The third kappa shape index (κ3) is 14.7. The van der Waals surface area contributed by atoms with E-state index in [9.17, 15) is 19.2 Å². The molecule has 4 heterocycles. The number of esters is 3. The molecule has 364 valence electrons. The van der Waals surface area contributed by atoms with E-state index in [1.165, 1.54) is 13.8 Å². The van der Waals surface area contributed by atoms with Crippen LogP contribution in [0.1, 0.15) is 88.0 Å². The molecule has 0 aromatic heterocycles. The number of likely N-dealkylation sites (N-methyl/N-ethyl adjacent to an activating group) is 1. The van der Waals surface area contributed by atoms with E-state index in [1.54, 1.807) is 47.4 Å². The first-order chi connectivity index (χ1) is 30.4. The van der Waals surface area contributed by atoms with E-state index < -0.39 is 97.0 Å². The molecule has 0 spiro atoms. The molecule has 2 fully saturated rings. The number of cyclic esters (lactones) is 1. The minimum atomic E-state index is -1.14. The summed E-state index contributed by atoms with van der Waals surface area (Å²) in [4.78, 5) is 55.2. The van der Waals surface area contributed by atoms with Gasteiger partial charge in [-0.1, -0.05) is 57.6 Å². The average Bonchev–Trinajstić information content (AvgIpc) is 3.23. The van der Waals surface area contributed by atoms with Gasteiger partial charge in [0.2, 0.25) is 0 Å². The first-order valence-corrected chi connectivity index (χ1v) is 23.0. The number of hydrogen-bond acceptors (Lipinski definition) is 16. The van der Waals surface area contributed by atoms with Crippen molar-refractivity contribution in [2.45, 2.75) is 162 Å². The zero-order chi connectivity index (χ0) is 47.2. The van der Waals surface area contributed by atoms with Crippen molar-refractivity contribution in [2.75, 3.05) is 54.7 Å². The second kappa shape index (κ2) is 25.7. The molecule has 0 N–H and O–H groups in total. The van der Waals surface area contributed by atoms with Gasteiger partial charge in [-0.05, 0) is 66.1 Å². The van der Waals surface area contributed by atoms with Gasteiger partial charge in [0.25, 0.3) is 0 Å². The summed E-state index contributed by atoms with van der Waals surface area (Å²) in [6, 6.07) is -0.647. The molecular formula is C48H77NO15. The largest absolute Gasteiger partial charge is 0.462 e. The van der Waals surface area contributed by atoms with Crippen LogP contribution in [0.2, 0.25) is 0 Å². The van der Waals surface area contributed by atoms with Crippen LogP contribution in [-0.2, 0) is 71.3 Å². The van der Waals surface area contributed by atoms with Crippen LogP contribution in [0.5, 0.6) is 0 Å².